The predicted octanol–water partition coefficient (Wildman–Crippen LogP) is 1.84. The zero-order chi connectivity index (χ0) is 17.4. The average molecular weight is 361 g/mol. The Morgan fingerprint density at radius 1 is 1.35 bits per heavy atom. The molecule has 0 aliphatic carbocycles. The molecule has 128 valence electrons. The monoisotopic (exact) mass is 360 g/mol. The highest BCUT2D eigenvalue weighted by atomic mass is 35.5. The molecule has 0 saturated carbocycles. The SMILES string of the molecule is CC1CN(C(=O)c2cc(S(=O)(=O)N(C)C)ccc2Cl)C(C)CO1. The number of rotatable bonds is 3. The summed E-state index contributed by atoms with van der Waals surface area (Å²) < 4.78 is 31.1. The summed E-state index contributed by atoms with van der Waals surface area (Å²) in [4.78, 5) is 14.5. The predicted molar refractivity (Wildman–Crippen MR) is 88.2 cm³/mol. The first-order chi connectivity index (χ1) is 10.6. The Balaban J connectivity index is 2.41. The summed E-state index contributed by atoms with van der Waals surface area (Å²) in [6.07, 6.45) is -0.0670. The summed E-state index contributed by atoms with van der Waals surface area (Å²) in [5.41, 5.74) is 0.190. The Labute approximate surface area is 142 Å². The molecule has 2 unspecified atom stereocenters. The van der Waals surface area contributed by atoms with Crippen LogP contribution in [0.4, 0.5) is 0 Å². The van der Waals surface area contributed by atoms with Crippen LogP contribution in [0, 0.1) is 0 Å². The van der Waals surface area contributed by atoms with Crippen LogP contribution in [0.3, 0.4) is 0 Å². The van der Waals surface area contributed by atoms with Crippen molar-refractivity contribution in [3.8, 4) is 0 Å². The van der Waals surface area contributed by atoms with E-state index in [1.807, 2.05) is 13.8 Å². The molecule has 1 aromatic carbocycles. The molecule has 0 N–H and O–H groups in total. The Hall–Kier alpha value is -1.15. The van der Waals surface area contributed by atoms with Crippen LogP contribution in [0.2, 0.25) is 5.02 Å². The van der Waals surface area contributed by atoms with Crippen molar-refractivity contribution < 1.29 is 17.9 Å². The maximum Gasteiger partial charge on any atom is 0.255 e. The van der Waals surface area contributed by atoms with Crippen molar-refractivity contribution in [2.75, 3.05) is 27.2 Å². The van der Waals surface area contributed by atoms with Crippen molar-refractivity contribution >= 4 is 27.5 Å². The topological polar surface area (TPSA) is 66.9 Å². The molecular weight excluding hydrogens is 340 g/mol. The Bertz CT molecular complexity index is 705. The molecule has 0 radical (unpaired) electrons. The molecule has 23 heavy (non-hydrogen) atoms. The van der Waals surface area contributed by atoms with E-state index in [9.17, 15) is 13.2 Å². The van der Waals surface area contributed by atoms with Gasteiger partial charge in [-0.3, -0.25) is 4.79 Å². The fourth-order valence-electron chi connectivity index (χ4n) is 2.38. The van der Waals surface area contributed by atoms with Crippen LogP contribution in [0.15, 0.2) is 23.1 Å². The molecule has 2 rings (SSSR count). The maximum absolute atomic E-state index is 12.8. The summed E-state index contributed by atoms with van der Waals surface area (Å²) >= 11 is 6.14. The molecule has 0 aromatic heterocycles. The van der Waals surface area contributed by atoms with Gasteiger partial charge < -0.3 is 9.64 Å². The summed E-state index contributed by atoms with van der Waals surface area (Å²) in [5.74, 6) is -0.284. The van der Waals surface area contributed by atoms with E-state index in [1.165, 1.54) is 32.3 Å². The first kappa shape index (κ1) is 18.2. The number of ether oxygens (including phenoxy) is 1. The zero-order valence-electron chi connectivity index (χ0n) is 13.6. The van der Waals surface area contributed by atoms with Crippen molar-refractivity contribution in [1.29, 1.82) is 0 Å². The number of carbonyl (C=O) groups is 1. The highest BCUT2D eigenvalue weighted by Crippen LogP contribution is 2.25. The van der Waals surface area contributed by atoms with E-state index >= 15 is 0 Å². The summed E-state index contributed by atoms with van der Waals surface area (Å²) in [5, 5.41) is 0.235. The van der Waals surface area contributed by atoms with Crippen LogP contribution in [0.5, 0.6) is 0 Å². The van der Waals surface area contributed by atoms with Gasteiger partial charge in [0.15, 0.2) is 0 Å². The third-order valence-corrected chi connectivity index (χ3v) is 5.96. The molecule has 0 spiro atoms. The lowest BCUT2D eigenvalue weighted by Gasteiger charge is -2.37. The molecule has 1 aromatic rings. The lowest BCUT2D eigenvalue weighted by atomic mass is 10.1. The Morgan fingerprint density at radius 2 is 2.00 bits per heavy atom. The number of amides is 1. The highest BCUT2D eigenvalue weighted by molar-refractivity contribution is 7.89. The third kappa shape index (κ3) is 3.68. The first-order valence-corrected chi connectivity index (χ1v) is 9.11. The zero-order valence-corrected chi connectivity index (χ0v) is 15.2. The number of sulfonamides is 1. The Morgan fingerprint density at radius 3 is 2.61 bits per heavy atom. The maximum atomic E-state index is 12.8. The molecule has 1 aliphatic rings. The van der Waals surface area contributed by atoms with E-state index in [0.29, 0.717) is 13.2 Å². The van der Waals surface area contributed by atoms with Gasteiger partial charge in [-0.15, -0.1) is 0 Å². The molecule has 1 amide bonds. The average Bonchev–Trinajstić information content (AvgIpc) is 2.49. The number of hydrogen-bond acceptors (Lipinski definition) is 4. The minimum Gasteiger partial charge on any atom is -0.375 e. The number of carbonyl (C=O) groups excluding carboxylic acids is 1. The summed E-state index contributed by atoms with van der Waals surface area (Å²) in [6.45, 7) is 4.67. The third-order valence-electron chi connectivity index (χ3n) is 3.82. The largest absolute Gasteiger partial charge is 0.375 e. The quantitative estimate of drug-likeness (QED) is 0.824. The minimum atomic E-state index is -3.63. The Kier molecular flexibility index (Phi) is 5.35. The molecular formula is C15H21ClN2O4S. The van der Waals surface area contributed by atoms with Crippen LogP contribution in [-0.2, 0) is 14.8 Å². The fourth-order valence-corrected chi connectivity index (χ4v) is 3.51. The van der Waals surface area contributed by atoms with E-state index in [2.05, 4.69) is 0 Å². The number of hydrogen-bond donors (Lipinski definition) is 0. The van der Waals surface area contributed by atoms with Gasteiger partial charge in [-0.25, -0.2) is 12.7 Å². The van der Waals surface area contributed by atoms with Crippen molar-refractivity contribution in [3.05, 3.63) is 28.8 Å². The second-order valence-electron chi connectivity index (χ2n) is 5.88. The van der Waals surface area contributed by atoms with Crippen LogP contribution in [-0.4, -0.2) is 62.9 Å². The van der Waals surface area contributed by atoms with Crippen LogP contribution in [0.25, 0.3) is 0 Å². The van der Waals surface area contributed by atoms with E-state index in [-0.39, 0.29) is 33.5 Å². The normalized spacial score (nSPS) is 22.4. The van der Waals surface area contributed by atoms with Gasteiger partial charge in [-0.2, -0.15) is 0 Å². The van der Waals surface area contributed by atoms with Crippen molar-refractivity contribution in [3.63, 3.8) is 0 Å². The van der Waals surface area contributed by atoms with Gasteiger partial charge in [0.25, 0.3) is 5.91 Å². The van der Waals surface area contributed by atoms with Gasteiger partial charge in [0, 0.05) is 20.6 Å². The van der Waals surface area contributed by atoms with Gasteiger partial charge in [0.05, 0.1) is 34.2 Å². The molecule has 1 aliphatic heterocycles. The van der Waals surface area contributed by atoms with E-state index in [1.54, 1.807) is 4.90 Å². The molecule has 6 nitrogen and oxygen atoms in total. The fraction of sp³-hybridized carbons (Fsp3) is 0.533. The van der Waals surface area contributed by atoms with Crippen molar-refractivity contribution in [2.24, 2.45) is 0 Å². The van der Waals surface area contributed by atoms with Crippen LogP contribution in [0.1, 0.15) is 24.2 Å². The smallest absolute Gasteiger partial charge is 0.255 e. The molecule has 8 heteroatoms. The first-order valence-electron chi connectivity index (χ1n) is 7.29. The molecule has 0 bridgehead atoms. The molecule has 1 saturated heterocycles. The standard InChI is InChI=1S/C15H21ClN2O4S/c1-10-9-22-11(2)8-18(10)15(19)13-7-12(5-6-14(13)16)23(20,21)17(3)4/h5-7,10-11H,8-9H2,1-4H3. The van der Waals surface area contributed by atoms with Crippen molar-refractivity contribution in [2.45, 2.75) is 30.9 Å². The van der Waals surface area contributed by atoms with Gasteiger partial charge >= 0.3 is 0 Å². The summed E-state index contributed by atoms with van der Waals surface area (Å²) in [6, 6.07) is 4.09. The number of morpholine rings is 1. The van der Waals surface area contributed by atoms with Gasteiger partial charge in [0.1, 0.15) is 0 Å². The number of nitrogens with zero attached hydrogens (tertiary/aromatic N) is 2. The molecule has 1 heterocycles. The van der Waals surface area contributed by atoms with Crippen LogP contribution < -0.4 is 0 Å². The van der Waals surface area contributed by atoms with Crippen molar-refractivity contribution in [1.82, 2.24) is 9.21 Å². The lowest BCUT2D eigenvalue weighted by molar-refractivity contribution is -0.0387. The van der Waals surface area contributed by atoms with E-state index in [0.717, 1.165) is 4.31 Å². The van der Waals surface area contributed by atoms with E-state index < -0.39 is 10.0 Å². The van der Waals surface area contributed by atoms with Gasteiger partial charge in [0.2, 0.25) is 10.0 Å². The molecule has 2 atom stereocenters. The number of halogens is 1. The minimum absolute atomic E-state index is 0.0456. The highest BCUT2D eigenvalue weighted by Gasteiger charge is 2.30. The van der Waals surface area contributed by atoms with E-state index in [4.69, 9.17) is 16.3 Å². The summed E-state index contributed by atoms with van der Waals surface area (Å²) in [7, 11) is -0.742. The lowest BCUT2D eigenvalue weighted by Crippen LogP contribution is -2.50. The van der Waals surface area contributed by atoms with Crippen LogP contribution >= 0.6 is 11.6 Å². The van der Waals surface area contributed by atoms with Gasteiger partial charge in [-0.05, 0) is 32.0 Å². The van der Waals surface area contributed by atoms with Gasteiger partial charge in [-0.1, -0.05) is 11.6 Å². The second-order valence-corrected chi connectivity index (χ2v) is 8.44. The molecule has 1 fully saturated rings. The second kappa shape index (κ2) is 6.76. The number of benzene rings is 1.